The molecule has 0 amide bonds. The van der Waals surface area contributed by atoms with Gasteiger partial charge in [-0.2, -0.15) is 0 Å². The highest BCUT2D eigenvalue weighted by Gasteiger charge is 2.24. The predicted octanol–water partition coefficient (Wildman–Crippen LogP) is 4.08. The summed E-state index contributed by atoms with van der Waals surface area (Å²) >= 11 is 0. The maximum Gasteiger partial charge on any atom is 0.301 e. The van der Waals surface area contributed by atoms with Gasteiger partial charge < -0.3 is 10.2 Å². The zero-order chi connectivity index (χ0) is 17.9. The lowest BCUT2D eigenvalue weighted by Gasteiger charge is -2.19. The Balaban J connectivity index is 1.49. The van der Waals surface area contributed by atoms with Crippen LogP contribution in [0, 0.1) is 16.0 Å². The Labute approximate surface area is 151 Å². The number of nitro groups is 1. The number of fused-ring (bicyclic) bond motifs is 1. The van der Waals surface area contributed by atoms with Gasteiger partial charge in [-0.15, -0.1) is 0 Å². The third kappa shape index (κ3) is 3.18. The number of hydrogen-bond acceptors (Lipinski definition) is 5. The van der Waals surface area contributed by atoms with Crippen molar-refractivity contribution in [2.45, 2.75) is 6.42 Å². The van der Waals surface area contributed by atoms with Crippen molar-refractivity contribution >= 4 is 28.0 Å². The number of benzene rings is 2. The Hall–Kier alpha value is -3.15. The molecule has 1 N–H and O–H groups in total. The highest BCUT2D eigenvalue weighted by Crippen LogP contribution is 2.33. The number of anilines is 2. The number of pyridine rings is 1. The minimum Gasteiger partial charge on any atom is -0.379 e. The van der Waals surface area contributed by atoms with Gasteiger partial charge in [-0.3, -0.25) is 15.1 Å². The van der Waals surface area contributed by atoms with Crippen molar-refractivity contribution in [1.82, 2.24) is 4.98 Å². The second-order valence-corrected chi connectivity index (χ2v) is 6.61. The molecule has 0 radical (unpaired) electrons. The minimum atomic E-state index is -0.322. The largest absolute Gasteiger partial charge is 0.379 e. The highest BCUT2D eigenvalue weighted by atomic mass is 16.6. The molecule has 1 unspecified atom stereocenters. The Morgan fingerprint density at radius 2 is 2.00 bits per heavy atom. The molecule has 4 rings (SSSR count). The molecule has 6 heteroatoms. The maximum absolute atomic E-state index is 11.6. The van der Waals surface area contributed by atoms with E-state index < -0.39 is 0 Å². The van der Waals surface area contributed by atoms with Crippen molar-refractivity contribution in [3.05, 3.63) is 70.9 Å². The summed E-state index contributed by atoms with van der Waals surface area (Å²) in [6.45, 7) is 2.69. The summed E-state index contributed by atoms with van der Waals surface area (Å²) in [7, 11) is 0. The smallest absolute Gasteiger partial charge is 0.301 e. The third-order valence-corrected chi connectivity index (χ3v) is 4.93. The van der Waals surface area contributed by atoms with E-state index >= 15 is 0 Å². The van der Waals surface area contributed by atoms with E-state index in [4.69, 9.17) is 0 Å². The third-order valence-electron chi connectivity index (χ3n) is 4.93. The van der Waals surface area contributed by atoms with Crippen molar-refractivity contribution in [2.24, 2.45) is 5.92 Å². The summed E-state index contributed by atoms with van der Waals surface area (Å²) in [5, 5.41) is 15.5. The van der Waals surface area contributed by atoms with E-state index in [9.17, 15) is 10.1 Å². The van der Waals surface area contributed by atoms with Crippen LogP contribution in [0.3, 0.4) is 0 Å². The first-order valence-electron chi connectivity index (χ1n) is 8.78. The molecular weight excluding hydrogens is 328 g/mol. The van der Waals surface area contributed by atoms with E-state index in [2.05, 4.69) is 27.3 Å². The number of nitro benzene ring substituents is 1. The zero-order valence-corrected chi connectivity index (χ0v) is 14.3. The zero-order valence-electron chi connectivity index (χ0n) is 14.3. The second kappa shape index (κ2) is 7.00. The Morgan fingerprint density at radius 3 is 2.81 bits per heavy atom. The van der Waals surface area contributed by atoms with E-state index in [0.717, 1.165) is 26.1 Å². The molecule has 0 aliphatic carbocycles. The molecule has 0 spiro atoms. The van der Waals surface area contributed by atoms with E-state index in [0.29, 0.717) is 22.5 Å². The minimum absolute atomic E-state index is 0.105. The first kappa shape index (κ1) is 16.3. The molecule has 1 saturated heterocycles. The van der Waals surface area contributed by atoms with E-state index in [1.54, 1.807) is 24.4 Å². The van der Waals surface area contributed by atoms with Gasteiger partial charge in [0.1, 0.15) is 5.69 Å². The Morgan fingerprint density at radius 1 is 1.15 bits per heavy atom. The van der Waals surface area contributed by atoms with Crippen LogP contribution >= 0.6 is 0 Å². The molecule has 1 fully saturated rings. The lowest BCUT2D eigenvalue weighted by Crippen LogP contribution is -2.22. The normalized spacial score (nSPS) is 16.8. The average Bonchev–Trinajstić information content (AvgIpc) is 3.15. The van der Waals surface area contributed by atoms with Crippen LogP contribution in [0.2, 0.25) is 0 Å². The van der Waals surface area contributed by atoms with Crippen LogP contribution in [-0.2, 0) is 0 Å². The molecule has 3 aromatic rings. The summed E-state index contributed by atoms with van der Waals surface area (Å²) in [5.41, 5.74) is 2.54. The average molecular weight is 348 g/mol. The van der Waals surface area contributed by atoms with Crippen molar-refractivity contribution in [3.8, 4) is 0 Å². The van der Waals surface area contributed by atoms with E-state index in [1.807, 2.05) is 24.3 Å². The number of nitrogens with zero attached hydrogens (tertiary/aromatic N) is 3. The Kier molecular flexibility index (Phi) is 4.39. The fourth-order valence-electron chi connectivity index (χ4n) is 3.60. The molecule has 26 heavy (non-hydrogen) atoms. The molecule has 2 aromatic carbocycles. The van der Waals surface area contributed by atoms with Gasteiger partial charge in [0, 0.05) is 31.5 Å². The molecule has 0 saturated carbocycles. The van der Waals surface area contributed by atoms with E-state index in [-0.39, 0.29) is 10.6 Å². The SMILES string of the molecule is O=[N+]([O-])c1c(NCC2CCN(c3ccccc3)C2)ccc2ncccc12. The van der Waals surface area contributed by atoms with Crippen LogP contribution in [0.1, 0.15) is 6.42 Å². The van der Waals surface area contributed by atoms with Gasteiger partial charge in [0.2, 0.25) is 0 Å². The molecule has 1 aliphatic heterocycles. The van der Waals surface area contributed by atoms with Crippen LogP contribution in [0.4, 0.5) is 17.1 Å². The molecule has 1 aromatic heterocycles. The molecule has 1 atom stereocenters. The van der Waals surface area contributed by atoms with Crippen molar-refractivity contribution < 1.29 is 4.92 Å². The Bertz CT molecular complexity index is 930. The maximum atomic E-state index is 11.6. The van der Waals surface area contributed by atoms with Crippen LogP contribution in [0.5, 0.6) is 0 Å². The van der Waals surface area contributed by atoms with Crippen molar-refractivity contribution in [3.63, 3.8) is 0 Å². The van der Waals surface area contributed by atoms with Crippen LogP contribution in [0.15, 0.2) is 60.8 Å². The molecule has 0 bridgehead atoms. The van der Waals surface area contributed by atoms with Crippen molar-refractivity contribution in [1.29, 1.82) is 0 Å². The standard InChI is InChI=1S/C20H20N4O2/c25-24(26)20-17-7-4-11-21-18(17)8-9-19(20)22-13-15-10-12-23(14-15)16-5-2-1-3-6-16/h1-9,11,15,22H,10,12-14H2. The summed E-state index contributed by atoms with van der Waals surface area (Å²) in [5.74, 6) is 0.458. The van der Waals surface area contributed by atoms with Crippen LogP contribution in [0.25, 0.3) is 10.9 Å². The summed E-state index contributed by atoms with van der Waals surface area (Å²) in [4.78, 5) is 17.9. The predicted molar refractivity (Wildman–Crippen MR) is 104 cm³/mol. The van der Waals surface area contributed by atoms with Crippen molar-refractivity contribution in [2.75, 3.05) is 29.9 Å². The fraction of sp³-hybridized carbons (Fsp3) is 0.250. The van der Waals surface area contributed by atoms with Gasteiger partial charge in [-0.1, -0.05) is 18.2 Å². The lowest BCUT2D eigenvalue weighted by atomic mass is 10.1. The summed E-state index contributed by atoms with van der Waals surface area (Å²) in [6.07, 6.45) is 2.72. The highest BCUT2D eigenvalue weighted by molar-refractivity contribution is 5.94. The molecule has 1 aliphatic rings. The van der Waals surface area contributed by atoms with Gasteiger partial charge in [0.15, 0.2) is 0 Å². The lowest BCUT2D eigenvalue weighted by molar-refractivity contribution is -0.382. The quantitative estimate of drug-likeness (QED) is 0.556. The van der Waals surface area contributed by atoms with Gasteiger partial charge in [0.05, 0.1) is 15.8 Å². The molecule has 132 valence electrons. The second-order valence-electron chi connectivity index (χ2n) is 6.61. The van der Waals surface area contributed by atoms with Gasteiger partial charge in [-0.05, 0) is 48.7 Å². The number of aromatic nitrogens is 1. The first-order chi connectivity index (χ1) is 12.7. The van der Waals surface area contributed by atoms with E-state index in [1.165, 1.54) is 5.69 Å². The van der Waals surface area contributed by atoms with Crippen LogP contribution in [-0.4, -0.2) is 29.5 Å². The summed E-state index contributed by atoms with van der Waals surface area (Å²) < 4.78 is 0. The number of rotatable bonds is 5. The monoisotopic (exact) mass is 348 g/mol. The fourth-order valence-corrected chi connectivity index (χ4v) is 3.60. The summed E-state index contributed by atoms with van der Waals surface area (Å²) in [6, 6.07) is 17.4. The molecule has 6 nitrogen and oxygen atoms in total. The molecule has 2 heterocycles. The van der Waals surface area contributed by atoms with Crippen LogP contribution < -0.4 is 10.2 Å². The van der Waals surface area contributed by atoms with Gasteiger partial charge in [-0.25, -0.2) is 0 Å². The molecular formula is C20H20N4O2. The number of para-hydroxylation sites is 1. The van der Waals surface area contributed by atoms with Gasteiger partial charge >= 0.3 is 5.69 Å². The topological polar surface area (TPSA) is 71.3 Å². The number of nitrogens with one attached hydrogen (secondary N) is 1. The number of hydrogen-bond donors (Lipinski definition) is 1. The first-order valence-corrected chi connectivity index (χ1v) is 8.78. The van der Waals surface area contributed by atoms with Gasteiger partial charge in [0.25, 0.3) is 0 Å².